The van der Waals surface area contributed by atoms with Gasteiger partial charge < -0.3 is 0 Å². The molecule has 0 unspecified atom stereocenters. The molecule has 2 atom stereocenters. The Kier molecular flexibility index (Phi) is 6.10. The van der Waals surface area contributed by atoms with E-state index < -0.39 is 54.3 Å². The Morgan fingerprint density at radius 2 is 1.74 bits per heavy atom. The second-order valence-corrected chi connectivity index (χ2v) is 9.80. The highest BCUT2D eigenvalue weighted by Gasteiger charge is 2.52. The lowest BCUT2D eigenvalue weighted by molar-refractivity contribution is -0.137. The zero-order valence-electron chi connectivity index (χ0n) is 16.3. The number of sulfone groups is 1. The minimum Gasteiger partial charge on any atom is -0.299 e. The summed E-state index contributed by atoms with van der Waals surface area (Å²) in [5.74, 6) is -2.85. The van der Waals surface area contributed by atoms with Crippen LogP contribution in [-0.2, 0) is 25.6 Å². The maximum absolute atomic E-state index is 14.8. The van der Waals surface area contributed by atoms with Crippen LogP contribution in [0.3, 0.4) is 0 Å². The van der Waals surface area contributed by atoms with Gasteiger partial charge in [-0.15, -0.1) is 6.58 Å². The summed E-state index contributed by atoms with van der Waals surface area (Å²) in [7, 11) is -4.51. The van der Waals surface area contributed by atoms with E-state index >= 15 is 0 Å². The molecule has 0 aromatic heterocycles. The molecule has 0 amide bonds. The highest BCUT2D eigenvalue weighted by atomic mass is 32.2. The lowest BCUT2D eigenvalue weighted by atomic mass is 9.75. The molecule has 0 aliphatic heterocycles. The van der Waals surface area contributed by atoms with E-state index in [0.29, 0.717) is 12.1 Å². The lowest BCUT2D eigenvalue weighted by Gasteiger charge is -2.40. The molecule has 0 heterocycles. The van der Waals surface area contributed by atoms with Crippen molar-refractivity contribution in [1.29, 1.82) is 0 Å². The summed E-state index contributed by atoms with van der Waals surface area (Å²) in [6.07, 6.45) is -3.94. The molecular formula is C22H19F5O3S. The third-order valence-corrected chi connectivity index (χ3v) is 8.20. The van der Waals surface area contributed by atoms with Crippen molar-refractivity contribution in [2.24, 2.45) is 5.92 Å². The first-order chi connectivity index (χ1) is 14.4. The number of ketones is 1. The first-order valence-electron chi connectivity index (χ1n) is 9.43. The number of halogens is 5. The van der Waals surface area contributed by atoms with Gasteiger partial charge in [-0.05, 0) is 61.7 Å². The Labute approximate surface area is 176 Å². The first-order valence-corrected chi connectivity index (χ1v) is 10.9. The van der Waals surface area contributed by atoms with Crippen LogP contribution in [0.2, 0.25) is 0 Å². The number of benzene rings is 2. The summed E-state index contributed by atoms with van der Waals surface area (Å²) in [6.45, 7) is 3.55. The molecule has 0 bridgehead atoms. The molecule has 31 heavy (non-hydrogen) atoms. The van der Waals surface area contributed by atoms with Crippen LogP contribution in [0.25, 0.3) is 0 Å². The summed E-state index contributed by atoms with van der Waals surface area (Å²) in [5, 5.41) is 0. The number of carbonyl (C=O) groups excluding carboxylic acids is 1. The lowest BCUT2D eigenvalue weighted by Crippen LogP contribution is -2.44. The van der Waals surface area contributed by atoms with Gasteiger partial charge in [-0.3, -0.25) is 4.79 Å². The largest absolute Gasteiger partial charge is 0.416 e. The first kappa shape index (κ1) is 23.1. The van der Waals surface area contributed by atoms with Gasteiger partial charge in [0.2, 0.25) is 0 Å². The van der Waals surface area contributed by atoms with Crippen molar-refractivity contribution in [3.05, 3.63) is 77.9 Å². The molecule has 0 N–H and O–H groups in total. The Bertz CT molecular complexity index is 1110. The summed E-state index contributed by atoms with van der Waals surface area (Å²) in [5.41, 5.74) is -1.48. The maximum Gasteiger partial charge on any atom is 0.416 e. The van der Waals surface area contributed by atoms with Crippen LogP contribution >= 0.6 is 0 Å². The van der Waals surface area contributed by atoms with Crippen LogP contribution < -0.4 is 0 Å². The quantitative estimate of drug-likeness (QED) is 0.433. The van der Waals surface area contributed by atoms with E-state index in [1.54, 1.807) is 0 Å². The Hall–Kier alpha value is -2.55. The molecule has 1 aliphatic rings. The zero-order chi connectivity index (χ0) is 23.0. The van der Waals surface area contributed by atoms with Crippen molar-refractivity contribution in [2.75, 3.05) is 0 Å². The van der Waals surface area contributed by atoms with E-state index in [0.717, 1.165) is 30.3 Å². The van der Waals surface area contributed by atoms with Gasteiger partial charge in [0.05, 0.1) is 10.5 Å². The van der Waals surface area contributed by atoms with E-state index in [4.69, 9.17) is 0 Å². The standard InChI is InChI=1S/C22H19F5O3S/c1-2-3-14-13-21(11-10-20(14)28,18-12-16(23)6-9-19(18)24)31(29,30)17-7-4-15(5-8-17)22(25,26)27/h2,4-9,12,14H,1,3,10-11,13H2/t14-,21-/m0/s1. The third kappa shape index (κ3) is 4.15. The molecule has 166 valence electrons. The van der Waals surface area contributed by atoms with Gasteiger partial charge in [-0.25, -0.2) is 17.2 Å². The van der Waals surface area contributed by atoms with Crippen LogP contribution in [-0.4, -0.2) is 14.2 Å². The van der Waals surface area contributed by atoms with Crippen molar-refractivity contribution in [3.63, 3.8) is 0 Å². The minimum atomic E-state index is -4.67. The number of allylic oxidation sites excluding steroid dienone is 1. The van der Waals surface area contributed by atoms with Crippen LogP contribution in [0.4, 0.5) is 22.0 Å². The maximum atomic E-state index is 14.8. The second-order valence-electron chi connectivity index (χ2n) is 7.54. The topological polar surface area (TPSA) is 51.2 Å². The molecule has 0 radical (unpaired) electrons. The predicted molar refractivity (Wildman–Crippen MR) is 104 cm³/mol. The van der Waals surface area contributed by atoms with Crippen LogP contribution in [0.15, 0.2) is 60.0 Å². The molecule has 1 saturated carbocycles. The Balaban J connectivity index is 2.22. The van der Waals surface area contributed by atoms with Gasteiger partial charge >= 0.3 is 6.18 Å². The average Bonchev–Trinajstić information content (AvgIpc) is 2.71. The van der Waals surface area contributed by atoms with E-state index in [9.17, 15) is 35.2 Å². The molecule has 2 aromatic rings. The number of hydrogen-bond donors (Lipinski definition) is 0. The Morgan fingerprint density at radius 1 is 1.10 bits per heavy atom. The number of rotatable bonds is 5. The van der Waals surface area contributed by atoms with E-state index in [1.807, 2.05) is 0 Å². The van der Waals surface area contributed by atoms with E-state index in [-0.39, 0.29) is 31.5 Å². The smallest absolute Gasteiger partial charge is 0.299 e. The van der Waals surface area contributed by atoms with Crippen molar-refractivity contribution in [3.8, 4) is 0 Å². The van der Waals surface area contributed by atoms with Crippen molar-refractivity contribution in [2.45, 2.75) is 41.5 Å². The molecule has 9 heteroatoms. The molecule has 3 nitrogen and oxygen atoms in total. The Morgan fingerprint density at radius 3 is 2.32 bits per heavy atom. The summed E-state index contributed by atoms with van der Waals surface area (Å²) in [4.78, 5) is 11.9. The number of alkyl halides is 3. The highest BCUT2D eigenvalue weighted by Crippen LogP contribution is 2.49. The van der Waals surface area contributed by atoms with Crippen molar-refractivity contribution >= 4 is 15.6 Å². The molecule has 0 saturated heterocycles. The normalized spacial score (nSPS) is 22.4. The van der Waals surface area contributed by atoms with Crippen LogP contribution in [0.5, 0.6) is 0 Å². The van der Waals surface area contributed by atoms with Crippen molar-refractivity contribution < 1.29 is 35.2 Å². The number of hydrogen-bond acceptors (Lipinski definition) is 3. The SMILES string of the molecule is C=CC[C@H]1C[C@@](c2cc(F)ccc2F)(S(=O)(=O)c2ccc(C(F)(F)F)cc2)CCC1=O. The zero-order valence-corrected chi connectivity index (χ0v) is 17.1. The van der Waals surface area contributed by atoms with Gasteiger partial charge in [0.15, 0.2) is 9.84 Å². The fraction of sp³-hybridized carbons (Fsp3) is 0.318. The fourth-order valence-corrected chi connectivity index (χ4v) is 6.27. The van der Waals surface area contributed by atoms with Gasteiger partial charge in [-0.2, -0.15) is 13.2 Å². The summed E-state index contributed by atoms with van der Waals surface area (Å²) >= 11 is 0. The van der Waals surface area contributed by atoms with Gasteiger partial charge in [0.1, 0.15) is 22.2 Å². The van der Waals surface area contributed by atoms with E-state index in [1.165, 1.54) is 6.08 Å². The van der Waals surface area contributed by atoms with Gasteiger partial charge in [0, 0.05) is 17.9 Å². The number of carbonyl (C=O) groups is 1. The van der Waals surface area contributed by atoms with Crippen LogP contribution in [0.1, 0.15) is 36.8 Å². The minimum absolute atomic E-state index is 0.139. The molecule has 0 spiro atoms. The molecule has 2 aromatic carbocycles. The predicted octanol–water partition coefficient (Wildman–Crippen LogP) is 5.60. The highest BCUT2D eigenvalue weighted by molar-refractivity contribution is 7.92. The monoisotopic (exact) mass is 458 g/mol. The summed E-state index contributed by atoms with van der Waals surface area (Å²) in [6, 6.07) is 5.26. The van der Waals surface area contributed by atoms with Gasteiger partial charge in [-0.1, -0.05) is 6.08 Å². The van der Waals surface area contributed by atoms with E-state index in [2.05, 4.69) is 6.58 Å². The molecule has 1 aliphatic carbocycles. The average molecular weight is 458 g/mol. The summed E-state index contributed by atoms with van der Waals surface area (Å²) < 4.78 is 92.8. The molecule has 1 fully saturated rings. The second kappa shape index (κ2) is 8.18. The molecular weight excluding hydrogens is 439 g/mol. The van der Waals surface area contributed by atoms with Crippen LogP contribution in [0, 0.1) is 17.6 Å². The van der Waals surface area contributed by atoms with Gasteiger partial charge in [0.25, 0.3) is 0 Å². The number of Topliss-reactive ketones (excluding diaryl/α,β-unsaturated/α-hetero) is 1. The fourth-order valence-electron chi connectivity index (χ4n) is 4.09. The van der Waals surface area contributed by atoms with Crippen molar-refractivity contribution in [1.82, 2.24) is 0 Å². The molecule has 3 rings (SSSR count). The third-order valence-electron chi connectivity index (χ3n) is 5.68.